The van der Waals surface area contributed by atoms with Gasteiger partial charge in [0.05, 0.1) is 14.2 Å². The first-order valence-electron chi connectivity index (χ1n) is 14.7. The molecule has 0 saturated carbocycles. The van der Waals surface area contributed by atoms with Crippen LogP contribution in [0.5, 0.6) is 11.5 Å². The van der Waals surface area contributed by atoms with E-state index in [2.05, 4.69) is 98.8 Å². The third kappa shape index (κ3) is 5.20. The fourth-order valence-electron chi connectivity index (χ4n) is 6.31. The molecular formula is C38H38O2S. The van der Waals surface area contributed by atoms with Gasteiger partial charge in [-0.3, -0.25) is 0 Å². The van der Waals surface area contributed by atoms with Crippen molar-refractivity contribution < 1.29 is 9.47 Å². The summed E-state index contributed by atoms with van der Waals surface area (Å²) in [6.45, 7) is 4.76. The van der Waals surface area contributed by atoms with Gasteiger partial charge < -0.3 is 9.47 Å². The Kier molecular flexibility index (Phi) is 7.73. The number of hydrogen-bond acceptors (Lipinski definition) is 3. The molecule has 0 saturated heterocycles. The van der Waals surface area contributed by atoms with Gasteiger partial charge in [0, 0.05) is 15.2 Å². The molecule has 0 aliphatic heterocycles. The van der Waals surface area contributed by atoms with E-state index in [4.69, 9.17) is 9.47 Å². The third-order valence-corrected chi connectivity index (χ3v) is 9.92. The Morgan fingerprint density at radius 1 is 0.561 bits per heavy atom. The minimum Gasteiger partial charge on any atom is -0.497 e. The molecule has 0 radical (unpaired) electrons. The lowest BCUT2D eigenvalue weighted by atomic mass is 9.75. The molecule has 1 heterocycles. The summed E-state index contributed by atoms with van der Waals surface area (Å²) >= 11 is 1.86. The van der Waals surface area contributed by atoms with Gasteiger partial charge in [-0.2, -0.15) is 0 Å². The molecule has 1 aliphatic rings. The van der Waals surface area contributed by atoms with Crippen molar-refractivity contribution in [3.63, 3.8) is 0 Å². The van der Waals surface area contributed by atoms with Gasteiger partial charge >= 0.3 is 0 Å². The number of methoxy groups -OCH3 is 2. The average Bonchev–Trinajstić information content (AvgIpc) is 3.61. The van der Waals surface area contributed by atoms with E-state index in [1.807, 2.05) is 23.5 Å². The van der Waals surface area contributed by atoms with Crippen molar-refractivity contribution in [1.29, 1.82) is 0 Å². The van der Waals surface area contributed by atoms with Crippen LogP contribution in [0.3, 0.4) is 0 Å². The Bertz CT molecular complexity index is 1650. The molecule has 0 spiro atoms. The Hall–Kier alpha value is -3.82. The van der Waals surface area contributed by atoms with Crippen molar-refractivity contribution in [2.75, 3.05) is 14.2 Å². The van der Waals surface area contributed by atoms with E-state index in [9.17, 15) is 0 Å². The Morgan fingerprint density at radius 2 is 1.07 bits per heavy atom. The minimum atomic E-state index is -0.0209. The molecule has 0 fully saturated rings. The van der Waals surface area contributed by atoms with Crippen LogP contribution in [0.15, 0.2) is 97.1 Å². The van der Waals surface area contributed by atoms with Gasteiger partial charge in [0.25, 0.3) is 0 Å². The molecule has 2 nitrogen and oxygen atoms in total. The highest BCUT2D eigenvalue weighted by molar-refractivity contribution is 7.18. The highest BCUT2D eigenvalue weighted by Gasteiger charge is 2.39. The van der Waals surface area contributed by atoms with Crippen molar-refractivity contribution >= 4 is 11.3 Å². The molecule has 1 aromatic heterocycles. The second-order valence-electron chi connectivity index (χ2n) is 11.3. The highest BCUT2D eigenvalue weighted by atomic mass is 32.1. The summed E-state index contributed by atoms with van der Waals surface area (Å²) in [6, 6.07) is 35.5. The van der Waals surface area contributed by atoms with Crippen LogP contribution in [-0.2, 0) is 5.41 Å². The van der Waals surface area contributed by atoms with E-state index in [0.29, 0.717) is 0 Å². The van der Waals surface area contributed by atoms with Gasteiger partial charge in [-0.1, -0.05) is 75.9 Å². The van der Waals surface area contributed by atoms with E-state index >= 15 is 0 Å². The number of thiophene rings is 1. The lowest BCUT2D eigenvalue weighted by Crippen LogP contribution is -2.20. The first-order valence-corrected chi connectivity index (χ1v) is 15.5. The predicted octanol–water partition coefficient (Wildman–Crippen LogP) is 11.0. The summed E-state index contributed by atoms with van der Waals surface area (Å²) < 4.78 is 10.7. The number of unbranched alkanes of at least 4 members (excludes halogenated alkanes) is 3. The molecule has 1 aliphatic carbocycles. The highest BCUT2D eigenvalue weighted by Crippen LogP contribution is 2.53. The zero-order valence-corrected chi connectivity index (χ0v) is 25.3. The van der Waals surface area contributed by atoms with Crippen LogP contribution in [0.2, 0.25) is 0 Å². The summed E-state index contributed by atoms with van der Waals surface area (Å²) in [4.78, 5) is 2.58. The van der Waals surface area contributed by atoms with Crippen molar-refractivity contribution in [3.8, 4) is 54.6 Å². The van der Waals surface area contributed by atoms with Crippen molar-refractivity contribution in [3.05, 3.63) is 108 Å². The molecule has 3 heteroatoms. The zero-order chi connectivity index (χ0) is 28.4. The Labute approximate surface area is 248 Å². The van der Waals surface area contributed by atoms with Gasteiger partial charge in [0.1, 0.15) is 11.5 Å². The number of rotatable bonds is 10. The van der Waals surface area contributed by atoms with Gasteiger partial charge in [-0.15, -0.1) is 11.3 Å². The van der Waals surface area contributed by atoms with E-state index in [-0.39, 0.29) is 5.41 Å². The maximum Gasteiger partial charge on any atom is 0.118 e. The SMILES string of the molecule is CCCCCCC1(C)c2cc(-c3ccc(OC)cc3)ccc2-c2ccc(-c3ccc(-c4ccc(OC)cc4)s3)cc21. The van der Waals surface area contributed by atoms with E-state index in [1.54, 1.807) is 14.2 Å². The Morgan fingerprint density at radius 3 is 1.66 bits per heavy atom. The smallest absolute Gasteiger partial charge is 0.118 e. The second kappa shape index (κ2) is 11.6. The maximum atomic E-state index is 5.40. The van der Waals surface area contributed by atoms with Gasteiger partial charge in [-0.25, -0.2) is 0 Å². The summed E-state index contributed by atoms with van der Waals surface area (Å²) in [5.74, 6) is 1.77. The van der Waals surface area contributed by atoms with Crippen molar-refractivity contribution in [2.45, 2.75) is 51.4 Å². The van der Waals surface area contributed by atoms with Crippen LogP contribution < -0.4 is 9.47 Å². The quantitative estimate of drug-likeness (QED) is 0.159. The molecule has 0 N–H and O–H groups in total. The van der Waals surface area contributed by atoms with Gasteiger partial charge in [0.15, 0.2) is 0 Å². The second-order valence-corrected chi connectivity index (χ2v) is 12.4. The average molecular weight is 559 g/mol. The van der Waals surface area contributed by atoms with Crippen LogP contribution in [-0.4, -0.2) is 14.2 Å². The molecular weight excluding hydrogens is 520 g/mol. The number of fused-ring (bicyclic) bond motifs is 3. The van der Waals surface area contributed by atoms with Crippen LogP contribution in [0.1, 0.15) is 57.1 Å². The molecule has 0 bridgehead atoms. The lowest BCUT2D eigenvalue weighted by Gasteiger charge is -2.28. The number of hydrogen-bond donors (Lipinski definition) is 0. The maximum absolute atomic E-state index is 5.40. The van der Waals surface area contributed by atoms with Crippen molar-refractivity contribution in [1.82, 2.24) is 0 Å². The third-order valence-electron chi connectivity index (χ3n) is 8.74. The van der Waals surface area contributed by atoms with Gasteiger partial charge in [-0.05, 0) is 112 Å². The standard InChI is InChI=1S/C38H38O2S/c1-5-6-7-8-23-38(2)34-24-28(26-9-15-30(39-3)16-10-26)13-19-32(34)33-20-14-29(25-35(33)38)37-22-21-36(41-37)27-11-17-31(40-4)18-12-27/h9-22,24-25H,5-8,23H2,1-4H3. The molecule has 41 heavy (non-hydrogen) atoms. The van der Waals surface area contributed by atoms with Crippen LogP contribution >= 0.6 is 11.3 Å². The first-order chi connectivity index (χ1) is 20.0. The summed E-state index contributed by atoms with van der Waals surface area (Å²) in [7, 11) is 3.43. The van der Waals surface area contributed by atoms with Crippen molar-refractivity contribution in [2.24, 2.45) is 0 Å². The van der Waals surface area contributed by atoms with E-state index < -0.39 is 0 Å². The summed E-state index contributed by atoms with van der Waals surface area (Å²) in [5, 5.41) is 0. The fraction of sp³-hybridized carbons (Fsp3) is 0.263. The van der Waals surface area contributed by atoms with Gasteiger partial charge in [0.2, 0.25) is 0 Å². The molecule has 208 valence electrons. The number of ether oxygens (including phenoxy) is 2. The molecule has 0 amide bonds. The largest absolute Gasteiger partial charge is 0.497 e. The topological polar surface area (TPSA) is 18.5 Å². The van der Waals surface area contributed by atoms with Crippen LogP contribution in [0.25, 0.3) is 43.1 Å². The molecule has 6 rings (SSSR count). The minimum absolute atomic E-state index is 0.0209. The lowest BCUT2D eigenvalue weighted by molar-refractivity contribution is 0.415. The number of benzene rings is 4. The van der Waals surface area contributed by atoms with E-state index in [1.165, 1.54) is 79.9 Å². The van der Waals surface area contributed by atoms with Crippen LogP contribution in [0.4, 0.5) is 0 Å². The normalized spacial score (nSPS) is 15.4. The predicted molar refractivity (Wildman–Crippen MR) is 174 cm³/mol. The zero-order valence-electron chi connectivity index (χ0n) is 24.5. The molecule has 5 aromatic rings. The Balaban J connectivity index is 1.38. The molecule has 1 unspecified atom stereocenters. The fourth-order valence-corrected chi connectivity index (χ4v) is 7.32. The van der Waals surface area contributed by atoms with E-state index in [0.717, 1.165) is 17.9 Å². The molecule has 4 aromatic carbocycles. The molecule has 1 atom stereocenters. The monoisotopic (exact) mass is 558 g/mol. The summed E-state index contributed by atoms with van der Waals surface area (Å²) in [6.07, 6.45) is 6.23. The van der Waals surface area contributed by atoms with Crippen LogP contribution in [0, 0.1) is 0 Å². The first kappa shape index (κ1) is 27.4. The summed E-state index contributed by atoms with van der Waals surface area (Å²) in [5.41, 5.74) is 10.7.